The summed E-state index contributed by atoms with van der Waals surface area (Å²) in [5, 5.41) is 0. The van der Waals surface area contributed by atoms with Crippen LogP contribution >= 0.6 is 0 Å². The average molecular weight is 318 g/mol. The minimum Gasteiger partial charge on any atom is -0.491 e. The van der Waals surface area contributed by atoms with Gasteiger partial charge in [0.2, 0.25) is 0 Å². The van der Waals surface area contributed by atoms with Gasteiger partial charge in [-0.05, 0) is 24.3 Å². The van der Waals surface area contributed by atoms with Crippen LogP contribution in [0.1, 0.15) is 0 Å². The molecule has 0 aliphatic carbocycles. The Morgan fingerprint density at radius 2 is 1.39 bits per heavy atom. The smallest absolute Gasteiger partial charge is 0.165 e. The van der Waals surface area contributed by atoms with Gasteiger partial charge in [0.15, 0.2) is 11.6 Å². The van der Waals surface area contributed by atoms with E-state index < -0.39 is 0 Å². The molecule has 0 N–H and O–H groups in total. The van der Waals surface area contributed by atoms with Gasteiger partial charge in [-0.1, -0.05) is 30.3 Å². The Kier molecular flexibility index (Phi) is 5.45. The molecule has 0 aromatic heterocycles. The second kappa shape index (κ2) is 7.94. The maximum Gasteiger partial charge on any atom is 0.165 e. The van der Waals surface area contributed by atoms with Gasteiger partial charge in [0.25, 0.3) is 0 Å². The van der Waals surface area contributed by atoms with Crippen LogP contribution in [0.2, 0.25) is 0 Å². The van der Waals surface area contributed by atoms with Gasteiger partial charge in [-0.2, -0.15) is 0 Å². The van der Waals surface area contributed by atoms with Crippen LogP contribution in [0.5, 0.6) is 11.5 Å². The third-order valence-corrected chi connectivity index (χ3v) is 3.25. The number of benzene rings is 2. The second-order valence-electron chi connectivity index (χ2n) is 5.28. The minimum atomic E-state index is -0.321. The molecule has 122 valence electrons. The zero-order chi connectivity index (χ0) is 15.9. The molecule has 4 rings (SSSR count). The van der Waals surface area contributed by atoms with Crippen molar-refractivity contribution in [1.29, 1.82) is 0 Å². The van der Waals surface area contributed by atoms with Gasteiger partial charge >= 0.3 is 0 Å². The zero-order valence-corrected chi connectivity index (χ0v) is 12.7. The van der Waals surface area contributed by atoms with Gasteiger partial charge in [0.05, 0.1) is 13.2 Å². The molecule has 0 radical (unpaired) electrons. The highest BCUT2D eigenvalue weighted by Crippen LogP contribution is 2.18. The SMILES string of the molecule is Fc1ccccc1OCC1CO1.c1ccc(OCC2CO2)cc1. The van der Waals surface area contributed by atoms with Crippen LogP contribution in [0.3, 0.4) is 0 Å². The van der Waals surface area contributed by atoms with Crippen molar-refractivity contribution >= 4 is 0 Å². The number of hydrogen-bond donors (Lipinski definition) is 0. The summed E-state index contributed by atoms with van der Waals surface area (Å²) in [4.78, 5) is 0. The summed E-state index contributed by atoms with van der Waals surface area (Å²) in [7, 11) is 0. The Morgan fingerprint density at radius 3 is 2.00 bits per heavy atom. The fourth-order valence-corrected chi connectivity index (χ4v) is 1.78. The largest absolute Gasteiger partial charge is 0.491 e. The number of para-hydroxylation sites is 2. The molecule has 5 heteroatoms. The number of halogens is 1. The molecule has 2 aliphatic heterocycles. The van der Waals surface area contributed by atoms with Gasteiger partial charge in [0.1, 0.15) is 31.2 Å². The van der Waals surface area contributed by atoms with E-state index >= 15 is 0 Å². The lowest BCUT2D eigenvalue weighted by molar-refractivity contribution is 0.254. The Balaban J connectivity index is 0.000000136. The molecule has 2 aliphatic rings. The third kappa shape index (κ3) is 5.88. The summed E-state index contributed by atoms with van der Waals surface area (Å²) in [6, 6.07) is 16.2. The second-order valence-corrected chi connectivity index (χ2v) is 5.28. The molecule has 23 heavy (non-hydrogen) atoms. The average Bonchev–Trinajstić information content (AvgIpc) is 3.49. The molecule has 4 nitrogen and oxygen atoms in total. The van der Waals surface area contributed by atoms with Gasteiger partial charge in [0, 0.05) is 0 Å². The van der Waals surface area contributed by atoms with E-state index in [9.17, 15) is 4.39 Å². The lowest BCUT2D eigenvalue weighted by Crippen LogP contribution is -2.04. The van der Waals surface area contributed by atoms with Gasteiger partial charge in [-0.25, -0.2) is 4.39 Å². The minimum absolute atomic E-state index is 0.171. The van der Waals surface area contributed by atoms with Crippen LogP contribution < -0.4 is 9.47 Å². The third-order valence-electron chi connectivity index (χ3n) is 3.25. The predicted octanol–water partition coefficient (Wildman–Crippen LogP) is 3.07. The van der Waals surface area contributed by atoms with Crippen LogP contribution in [-0.4, -0.2) is 38.6 Å². The maximum atomic E-state index is 12.9. The van der Waals surface area contributed by atoms with Crippen molar-refractivity contribution in [2.75, 3.05) is 26.4 Å². The van der Waals surface area contributed by atoms with Crippen LogP contribution in [0.4, 0.5) is 4.39 Å². The van der Waals surface area contributed by atoms with E-state index in [2.05, 4.69) is 0 Å². The van der Waals surface area contributed by atoms with Crippen LogP contribution in [0.15, 0.2) is 54.6 Å². The van der Waals surface area contributed by atoms with Crippen molar-refractivity contribution < 1.29 is 23.3 Å². The van der Waals surface area contributed by atoms with Gasteiger partial charge in [-0.15, -0.1) is 0 Å². The number of hydrogen-bond acceptors (Lipinski definition) is 4. The van der Waals surface area contributed by atoms with E-state index in [-0.39, 0.29) is 11.9 Å². The summed E-state index contributed by atoms with van der Waals surface area (Å²) < 4.78 is 33.4. The highest BCUT2D eigenvalue weighted by molar-refractivity contribution is 5.23. The normalized spacial score (nSPS) is 20.9. The Bertz CT molecular complexity index is 597. The van der Waals surface area contributed by atoms with Crippen molar-refractivity contribution in [2.24, 2.45) is 0 Å². The number of epoxide rings is 2. The van der Waals surface area contributed by atoms with Crippen molar-refractivity contribution in [2.45, 2.75) is 12.2 Å². The quantitative estimate of drug-likeness (QED) is 0.768. The molecule has 0 bridgehead atoms. The number of ether oxygens (including phenoxy) is 4. The fraction of sp³-hybridized carbons (Fsp3) is 0.333. The summed E-state index contributed by atoms with van der Waals surface area (Å²) in [6.07, 6.45) is 0.514. The Hall–Kier alpha value is -2.11. The lowest BCUT2D eigenvalue weighted by Gasteiger charge is -2.03. The molecular formula is C18H19FO4. The van der Waals surface area contributed by atoms with E-state index in [1.807, 2.05) is 30.3 Å². The number of rotatable bonds is 6. The molecule has 2 atom stereocenters. The van der Waals surface area contributed by atoms with Gasteiger partial charge < -0.3 is 18.9 Å². The molecule has 0 spiro atoms. The predicted molar refractivity (Wildman–Crippen MR) is 83.3 cm³/mol. The van der Waals surface area contributed by atoms with Crippen LogP contribution in [-0.2, 0) is 9.47 Å². The monoisotopic (exact) mass is 318 g/mol. The molecule has 2 fully saturated rings. The highest BCUT2D eigenvalue weighted by Gasteiger charge is 2.23. The van der Waals surface area contributed by atoms with E-state index in [1.165, 1.54) is 6.07 Å². The zero-order valence-electron chi connectivity index (χ0n) is 12.7. The first-order chi connectivity index (χ1) is 11.3. The first kappa shape index (κ1) is 15.8. The van der Waals surface area contributed by atoms with E-state index in [0.717, 1.165) is 19.0 Å². The molecule has 0 amide bonds. The molecule has 2 aromatic carbocycles. The van der Waals surface area contributed by atoms with Crippen molar-refractivity contribution in [3.63, 3.8) is 0 Å². The molecular weight excluding hydrogens is 299 g/mol. The standard InChI is InChI=1S/C9H9FO2.C9H10O2/c10-8-3-1-2-4-9(8)12-6-7-5-11-7;1-2-4-8(5-3-1)10-6-9-7-11-9/h1-4,7H,5-6H2;1-5,9H,6-7H2. The van der Waals surface area contributed by atoms with E-state index in [1.54, 1.807) is 18.2 Å². The highest BCUT2D eigenvalue weighted by atomic mass is 19.1. The molecule has 0 saturated carbocycles. The van der Waals surface area contributed by atoms with Crippen molar-refractivity contribution in [1.82, 2.24) is 0 Å². The van der Waals surface area contributed by atoms with Crippen LogP contribution in [0, 0.1) is 5.82 Å². The summed E-state index contributed by atoms with van der Waals surface area (Å²) >= 11 is 0. The van der Waals surface area contributed by atoms with E-state index in [4.69, 9.17) is 18.9 Å². The molecule has 2 aromatic rings. The first-order valence-corrected chi connectivity index (χ1v) is 7.59. The Labute approximate surface area is 134 Å². The maximum absolute atomic E-state index is 12.9. The lowest BCUT2D eigenvalue weighted by atomic mass is 10.3. The summed E-state index contributed by atoms with van der Waals surface area (Å²) in [5.74, 6) is 0.897. The first-order valence-electron chi connectivity index (χ1n) is 7.59. The fourth-order valence-electron chi connectivity index (χ4n) is 1.78. The van der Waals surface area contributed by atoms with Crippen molar-refractivity contribution in [3.8, 4) is 11.5 Å². The Morgan fingerprint density at radius 1 is 0.826 bits per heavy atom. The van der Waals surface area contributed by atoms with Crippen molar-refractivity contribution in [3.05, 3.63) is 60.4 Å². The summed E-state index contributed by atoms with van der Waals surface area (Å²) in [5.41, 5.74) is 0. The summed E-state index contributed by atoms with van der Waals surface area (Å²) in [6.45, 7) is 2.71. The molecule has 2 saturated heterocycles. The molecule has 2 heterocycles. The van der Waals surface area contributed by atoms with E-state index in [0.29, 0.717) is 25.1 Å². The van der Waals surface area contributed by atoms with Crippen LogP contribution in [0.25, 0.3) is 0 Å². The van der Waals surface area contributed by atoms with Gasteiger partial charge in [-0.3, -0.25) is 0 Å². The topological polar surface area (TPSA) is 43.5 Å². The molecule has 2 unspecified atom stereocenters.